The van der Waals surface area contributed by atoms with E-state index >= 15 is 0 Å². The summed E-state index contributed by atoms with van der Waals surface area (Å²) in [5.41, 5.74) is 0. The highest BCUT2D eigenvalue weighted by Crippen LogP contribution is 2.19. The fraction of sp³-hybridized carbons (Fsp3) is 0.125. The molecule has 3 nitrogen and oxygen atoms in total. The molecule has 1 N–H and O–H groups in total. The molecule has 1 aromatic rings. The smallest absolute Gasteiger partial charge is 0.341 e. The number of benzene rings is 1. The summed E-state index contributed by atoms with van der Waals surface area (Å²) in [6.07, 6.45) is 0. The third kappa shape index (κ3) is 2.69. The first-order chi connectivity index (χ1) is 5.70. The second-order valence-corrected chi connectivity index (χ2v) is 3.28. The van der Waals surface area contributed by atoms with E-state index in [1.807, 2.05) is 12.1 Å². The van der Waals surface area contributed by atoms with Crippen LogP contribution in [0.3, 0.4) is 0 Å². The highest BCUT2D eigenvalue weighted by molar-refractivity contribution is 14.1. The van der Waals surface area contributed by atoms with E-state index in [1.54, 1.807) is 12.1 Å². The van der Waals surface area contributed by atoms with Crippen LogP contribution in [-0.4, -0.2) is 17.7 Å². The van der Waals surface area contributed by atoms with Crippen LogP contribution in [0.25, 0.3) is 0 Å². The number of para-hydroxylation sites is 1. The van der Waals surface area contributed by atoms with Crippen LogP contribution in [0.5, 0.6) is 5.75 Å². The van der Waals surface area contributed by atoms with Crippen LogP contribution in [0.15, 0.2) is 24.3 Å². The predicted octanol–water partition coefficient (Wildman–Crippen LogP) is 1.75. The van der Waals surface area contributed by atoms with Crippen molar-refractivity contribution in [2.24, 2.45) is 0 Å². The van der Waals surface area contributed by atoms with Crippen LogP contribution in [0, 0.1) is 3.57 Å². The molecule has 0 saturated carbocycles. The third-order valence-corrected chi connectivity index (χ3v) is 2.08. The Kier molecular flexibility index (Phi) is 3.33. The molecule has 0 aromatic heterocycles. The van der Waals surface area contributed by atoms with Crippen molar-refractivity contribution in [2.75, 3.05) is 6.61 Å². The second-order valence-electron chi connectivity index (χ2n) is 2.11. The van der Waals surface area contributed by atoms with Gasteiger partial charge in [-0.15, -0.1) is 0 Å². The Hall–Kier alpha value is -0.780. The number of hydrogen-bond donors (Lipinski definition) is 1. The van der Waals surface area contributed by atoms with Gasteiger partial charge in [-0.1, -0.05) is 12.1 Å². The van der Waals surface area contributed by atoms with E-state index in [-0.39, 0.29) is 6.61 Å². The lowest BCUT2D eigenvalue weighted by Crippen LogP contribution is -2.09. The van der Waals surface area contributed by atoms with Gasteiger partial charge in [-0.2, -0.15) is 0 Å². The van der Waals surface area contributed by atoms with Gasteiger partial charge in [0.1, 0.15) is 5.75 Å². The minimum Gasteiger partial charge on any atom is -0.481 e. The van der Waals surface area contributed by atoms with E-state index in [9.17, 15) is 4.79 Å². The van der Waals surface area contributed by atoms with Gasteiger partial charge < -0.3 is 9.84 Å². The van der Waals surface area contributed by atoms with Gasteiger partial charge in [-0.05, 0) is 34.7 Å². The van der Waals surface area contributed by atoms with Gasteiger partial charge in [-0.25, -0.2) is 4.79 Å². The molecule has 0 aliphatic carbocycles. The van der Waals surface area contributed by atoms with Gasteiger partial charge in [0.05, 0.1) is 3.57 Å². The molecular formula is C8H7IO3. The zero-order valence-electron chi connectivity index (χ0n) is 6.16. The lowest BCUT2D eigenvalue weighted by atomic mass is 10.3. The molecule has 0 aliphatic heterocycles. The molecule has 0 spiro atoms. The summed E-state index contributed by atoms with van der Waals surface area (Å²) in [7, 11) is 0. The molecule has 4 heteroatoms. The normalized spacial score (nSPS) is 9.42. The van der Waals surface area contributed by atoms with Crippen LogP contribution in [-0.2, 0) is 4.79 Å². The van der Waals surface area contributed by atoms with Gasteiger partial charge in [0.2, 0.25) is 0 Å². The number of carbonyl (C=O) groups is 1. The van der Waals surface area contributed by atoms with E-state index < -0.39 is 5.97 Å². The number of rotatable bonds is 3. The first-order valence-electron chi connectivity index (χ1n) is 3.29. The van der Waals surface area contributed by atoms with Gasteiger partial charge in [0, 0.05) is 0 Å². The van der Waals surface area contributed by atoms with Crippen LogP contribution < -0.4 is 4.74 Å². The largest absolute Gasteiger partial charge is 0.481 e. The molecule has 64 valence electrons. The van der Waals surface area contributed by atoms with Gasteiger partial charge in [-0.3, -0.25) is 0 Å². The zero-order chi connectivity index (χ0) is 8.97. The summed E-state index contributed by atoms with van der Waals surface area (Å²) in [6, 6.07) is 7.28. The molecule has 0 heterocycles. The molecule has 0 amide bonds. The summed E-state index contributed by atoms with van der Waals surface area (Å²) < 4.78 is 5.90. The molecule has 1 aromatic carbocycles. The Bertz CT molecular complexity index is 285. The van der Waals surface area contributed by atoms with E-state index in [4.69, 9.17) is 9.84 Å². The number of carboxylic acids is 1. The number of carboxylic acid groups (broad SMARTS) is 1. The number of halogens is 1. The van der Waals surface area contributed by atoms with E-state index in [2.05, 4.69) is 22.6 Å². The molecule has 0 aliphatic rings. The summed E-state index contributed by atoms with van der Waals surface area (Å²) in [6.45, 7) is -0.292. The molecule has 0 fully saturated rings. The second kappa shape index (κ2) is 4.30. The number of aliphatic carboxylic acids is 1. The fourth-order valence-electron chi connectivity index (χ4n) is 0.701. The Morgan fingerprint density at radius 1 is 1.50 bits per heavy atom. The van der Waals surface area contributed by atoms with Crippen LogP contribution in [0.2, 0.25) is 0 Å². The molecule has 0 bridgehead atoms. The summed E-state index contributed by atoms with van der Waals surface area (Å²) >= 11 is 2.09. The van der Waals surface area contributed by atoms with E-state index in [0.29, 0.717) is 5.75 Å². The van der Waals surface area contributed by atoms with Crippen molar-refractivity contribution in [2.45, 2.75) is 0 Å². The summed E-state index contributed by atoms with van der Waals surface area (Å²) in [5.74, 6) is -0.352. The van der Waals surface area contributed by atoms with Crippen LogP contribution in [0.1, 0.15) is 0 Å². The summed E-state index contributed by atoms with van der Waals surface area (Å²) in [4.78, 5) is 10.2. The molecule has 0 radical (unpaired) electrons. The van der Waals surface area contributed by atoms with Crippen molar-refractivity contribution in [3.63, 3.8) is 0 Å². The highest BCUT2D eigenvalue weighted by Gasteiger charge is 2.01. The van der Waals surface area contributed by atoms with Gasteiger partial charge in [0.25, 0.3) is 0 Å². The summed E-state index contributed by atoms with van der Waals surface area (Å²) in [5, 5.41) is 8.34. The monoisotopic (exact) mass is 278 g/mol. The number of ether oxygens (including phenoxy) is 1. The SMILES string of the molecule is O=C(O)COc1ccccc1I. The predicted molar refractivity (Wildman–Crippen MR) is 52.3 cm³/mol. The van der Waals surface area contributed by atoms with Crippen molar-refractivity contribution < 1.29 is 14.6 Å². The standard InChI is InChI=1S/C8H7IO3/c9-6-3-1-2-4-7(6)12-5-8(10)11/h1-4H,5H2,(H,10,11). The molecular weight excluding hydrogens is 271 g/mol. The fourth-order valence-corrected chi connectivity index (χ4v) is 1.24. The Morgan fingerprint density at radius 3 is 2.75 bits per heavy atom. The molecule has 0 atom stereocenters. The lowest BCUT2D eigenvalue weighted by Gasteiger charge is -2.03. The van der Waals surface area contributed by atoms with Crippen molar-refractivity contribution in [1.29, 1.82) is 0 Å². The van der Waals surface area contributed by atoms with Crippen molar-refractivity contribution in [3.05, 3.63) is 27.8 Å². The lowest BCUT2D eigenvalue weighted by molar-refractivity contribution is -0.139. The topological polar surface area (TPSA) is 46.5 Å². The van der Waals surface area contributed by atoms with Gasteiger partial charge in [0.15, 0.2) is 6.61 Å². The van der Waals surface area contributed by atoms with Crippen molar-refractivity contribution in [1.82, 2.24) is 0 Å². The van der Waals surface area contributed by atoms with Crippen LogP contribution in [0.4, 0.5) is 0 Å². The minimum atomic E-state index is -0.963. The molecule has 1 rings (SSSR count). The minimum absolute atomic E-state index is 0.292. The van der Waals surface area contributed by atoms with Gasteiger partial charge >= 0.3 is 5.97 Å². The third-order valence-electron chi connectivity index (χ3n) is 1.19. The average Bonchev–Trinajstić information content (AvgIpc) is 2.03. The maximum Gasteiger partial charge on any atom is 0.341 e. The van der Waals surface area contributed by atoms with Crippen molar-refractivity contribution >= 4 is 28.6 Å². The average molecular weight is 278 g/mol. The highest BCUT2D eigenvalue weighted by atomic mass is 127. The zero-order valence-corrected chi connectivity index (χ0v) is 8.32. The maximum absolute atomic E-state index is 10.2. The quantitative estimate of drug-likeness (QED) is 0.857. The molecule has 12 heavy (non-hydrogen) atoms. The Balaban J connectivity index is 2.63. The molecule has 0 saturated heterocycles. The first-order valence-corrected chi connectivity index (χ1v) is 4.37. The Morgan fingerprint density at radius 2 is 2.17 bits per heavy atom. The molecule has 0 unspecified atom stereocenters. The van der Waals surface area contributed by atoms with E-state index in [1.165, 1.54) is 0 Å². The van der Waals surface area contributed by atoms with E-state index in [0.717, 1.165) is 3.57 Å². The Labute approximate surface area is 83.5 Å². The number of hydrogen-bond acceptors (Lipinski definition) is 2. The van der Waals surface area contributed by atoms with Crippen molar-refractivity contribution in [3.8, 4) is 5.75 Å². The maximum atomic E-state index is 10.2. The first kappa shape index (κ1) is 9.31. The van der Waals surface area contributed by atoms with Crippen LogP contribution >= 0.6 is 22.6 Å².